The topological polar surface area (TPSA) is 96.4 Å². The van der Waals surface area contributed by atoms with Crippen molar-refractivity contribution in [2.75, 3.05) is 26.2 Å². The molecule has 10 rings (SSSR count). The normalized spacial score (nSPS) is 16.1. The number of rotatable bonds is 22. The smallest absolute Gasteiger partial charge is 0.726 e. The Kier molecular flexibility index (Phi) is 31.4. The van der Waals surface area contributed by atoms with E-state index in [1.807, 2.05) is 55.4 Å². The van der Waals surface area contributed by atoms with Crippen LogP contribution in [-0.4, -0.2) is 66.3 Å². The number of unbranched alkanes of at least 4 members (excludes halogenated alkanes) is 4. The van der Waals surface area contributed by atoms with E-state index in [1.165, 1.54) is 143 Å². The van der Waals surface area contributed by atoms with Crippen LogP contribution in [0.25, 0.3) is 11.5 Å². The summed E-state index contributed by atoms with van der Waals surface area (Å²) >= 11 is 0. The summed E-state index contributed by atoms with van der Waals surface area (Å²) in [5.41, 5.74) is 13.3. The van der Waals surface area contributed by atoms with Crippen LogP contribution in [0.2, 0.25) is 0 Å². The fourth-order valence-corrected chi connectivity index (χ4v) is 13.6. The fourth-order valence-electron chi connectivity index (χ4n) is 13.6. The molecule has 9 nitrogen and oxygen atoms in total. The molecule has 4 aromatic carbocycles. The van der Waals surface area contributed by atoms with Crippen molar-refractivity contribution < 1.29 is 80.3 Å². The van der Waals surface area contributed by atoms with Crippen molar-refractivity contribution in [1.82, 2.24) is 9.97 Å². The van der Waals surface area contributed by atoms with E-state index in [4.69, 9.17) is 18.6 Å². The molecule has 106 heavy (non-hydrogen) atoms. The summed E-state index contributed by atoms with van der Waals surface area (Å²) in [5, 5.41) is 0. The first-order valence-corrected chi connectivity index (χ1v) is 37.4. The Morgan fingerprint density at radius 2 is 0.623 bits per heavy atom. The number of hydrogen-bond acceptors (Lipinski definition) is 4. The molecule has 0 unspecified atom stereocenters. The predicted molar refractivity (Wildman–Crippen MR) is 407 cm³/mol. The molecule has 0 atom stereocenters. The van der Waals surface area contributed by atoms with Gasteiger partial charge in [0.1, 0.15) is 34.8 Å². The lowest BCUT2D eigenvalue weighted by Gasteiger charge is -2.39. The SMILES string of the molecule is CCC1=C(CC)/C(=C2/C=C(c3[nH]c(C#Cc4ccc(F)cc4)c(CC)c3CC)O[B-](F)(F)O2)[NH+]=C1C#Cc1ccc(F)cc1.CCC1=C(CC)/C(=C2/C=C(c3[nH]c(C#Cc4ccc(F)cc4)c(CC)c3CC)O[B-](F)(F)O2)[NH+]=C1C#Cc1ccc(F)cc1.CCCC[N+](CCCC)(CCCC)CCCC.[Cl-]. The van der Waals surface area contributed by atoms with E-state index in [0.29, 0.717) is 119 Å². The number of quaternary nitrogens is 1. The van der Waals surface area contributed by atoms with Crippen molar-refractivity contribution in [1.29, 1.82) is 0 Å². The second kappa shape index (κ2) is 39.7. The van der Waals surface area contributed by atoms with Crippen LogP contribution in [0.4, 0.5) is 34.8 Å². The van der Waals surface area contributed by atoms with Crippen molar-refractivity contribution in [3.63, 3.8) is 0 Å². The van der Waals surface area contributed by atoms with E-state index in [1.54, 1.807) is 48.5 Å². The van der Waals surface area contributed by atoms with Gasteiger partial charge >= 0.3 is 14.2 Å². The van der Waals surface area contributed by atoms with Gasteiger partial charge in [0, 0.05) is 68.5 Å². The summed E-state index contributed by atoms with van der Waals surface area (Å²) in [7, 11) is -9.40. The summed E-state index contributed by atoms with van der Waals surface area (Å²) in [6.07, 6.45) is 18.7. The van der Waals surface area contributed by atoms with Gasteiger partial charge in [0.05, 0.1) is 49.0 Å². The standard InChI is InChI=1S/2C35H30BF4N2O2.C16H36N.ClH/c2*1-5-26-28(7-3)34(41-30(26)19-13-22-9-15-24(37)16-10-22)32-21-33(44-36(39,40)43-32)35-29(8-4)27(6-2)31(42-35)20-14-23-11-17-25(38)18-12-23;1-5-9-13-17(14-10-6-2,15-11-7-3)16-12-8-4;/h2*9-12,15-18,21,41H,5-8H2,1-4H3;5-16H2,1-4H3;1H/q2*-1;+1;/p+1/b2*35-33+;;. The second-order valence-corrected chi connectivity index (χ2v) is 26.1. The van der Waals surface area contributed by atoms with Crippen molar-refractivity contribution in [3.05, 3.63) is 245 Å². The zero-order valence-electron chi connectivity index (χ0n) is 63.2. The number of allylic oxidation sites excluding steroid dienone is 6. The van der Waals surface area contributed by atoms with E-state index in [0.717, 1.165) is 44.5 Å². The molecule has 0 fully saturated rings. The Hall–Kier alpha value is -9.52. The number of aromatic nitrogens is 2. The van der Waals surface area contributed by atoms with Crippen LogP contribution in [-0.2, 0) is 44.3 Å². The van der Waals surface area contributed by atoms with Gasteiger partial charge < -0.3 is 62.7 Å². The molecule has 0 aliphatic carbocycles. The van der Waals surface area contributed by atoms with Crippen LogP contribution in [0.5, 0.6) is 0 Å². The summed E-state index contributed by atoms with van der Waals surface area (Å²) in [5.74, 6) is 22.8. The van der Waals surface area contributed by atoms with Gasteiger partial charge in [-0.3, -0.25) is 0 Å². The molecule has 0 spiro atoms. The van der Waals surface area contributed by atoms with Gasteiger partial charge in [0.15, 0.2) is 11.5 Å². The number of halogens is 9. The van der Waals surface area contributed by atoms with Crippen molar-refractivity contribution in [3.8, 4) is 47.4 Å². The lowest BCUT2D eigenvalue weighted by Crippen LogP contribution is -3.00. The maximum Gasteiger partial charge on any atom is 0.726 e. The van der Waals surface area contributed by atoms with Crippen LogP contribution in [0.1, 0.15) is 227 Å². The molecule has 6 heterocycles. The largest absolute Gasteiger partial charge is 1.00 e. The van der Waals surface area contributed by atoms with Gasteiger partial charge in [0.2, 0.25) is 11.4 Å². The van der Waals surface area contributed by atoms with Crippen LogP contribution in [0, 0.1) is 70.6 Å². The first-order chi connectivity index (χ1) is 50.6. The minimum absolute atomic E-state index is 0. The minimum Gasteiger partial charge on any atom is -1.00 e. The molecule has 4 aliphatic heterocycles. The maximum atomic E-state index is 15.1. The van der Waals surface area contributed by atoms with Gasteiger partial charge in [-0.2, -0.15) is 9.98 Å². The molecular formula is C86H98B2ClF8N5O4. The third-order valence-corrected chi connectivity index (χ3v) is 18.9. The van der Waals surface area contributed by atoms with Crippen molar-refractivity contribution in [2.45, 2.75) is 186 Å². The summed E-state index contributed by atoms with van der Waals surface area (Å²) < 4.78 is 136. The van der Waals surface area contributed by atoms with E-state index >= 15 is 17.3 Å². The Morgan fingerprint density at radius 1 is 0.349 bits per heavy atom. The van der Waals surface area contributed by atoms with Crippen molar-refractivity contribution >= 4 is 37.2 Å². The zero-order valence-corrected chi connectivity index (χ0v) is 63.9. The number of nitrogens with one attached hydrogen (secondary N) is 4. The van der Waals surface area contributed by atoms with Gasteiger partial charge in [-0.1, -0.05) is 132 Å². The summed E-state index contributed by atoms with van der Waals surface area (Å²) in [4.78, 5) is 12.9. The number of benzene rings is 4. The third-order valence-electron chi connectivity index (χ3n) is 18.9. The molecule has 4 N–H and O–H groups in total. The molecule has 0 amide bonds. The first-order valence-electron chi connectivity index (χ1n) is 37.4. The Bertz CT molecular complexity index is 4280. The Morgan fingerprint density at radius 3 is 0.877 bits per heavy atom. The lowest BCUT2D eigenvalue weighted by atomic mass is 9.98. The molecule has 4 aliphatic rings. The molecule has 0 saturated heterocycles. The minimum atomic E-state index is -4.70. The van der Waals surface area contributed by atoms with Crippen LogP contribution in [0.15, 0.2) is 154 Å². The van der Waals surface area contributed by atoms with Gasteiger partial charge in [-0.15, -0.1) is 0 Å². The molecule has 560 valence electrons. The van der Waals surface area contributed by atoms with Gasteiger partial charge in [-0.05, 0) is 208 Å². The Labute approximate surface area is 628 Å². The lowest BCUT2D eigenvalue weighted by molar-refractivity contribution is -0.929. The summed E-state index contributed by atoms with van der Waals surface area (Å²) in [6, 6.07) is 23.3. The number of aromatic amines is 2. The van der Waals surface area contributed by atoms with Gasteiger partial charge in [0.25, 0.3) is 11.4 Å². The maximum absolute atomic E-state index is 15.1. The number of H-pyrrole nitrogens is 2. The van der Waals surface area contributed by atoms with Crippen molar-refractivity contribution in [2.24, 2.45) is 0 Å². The summed E-state index contributed by atoms with van der Waals surface area (Å²) in [6.45, 7) is 30.7. The third kappa shape index (κ3) is 21.8. The monoisotopic (exact) mass is 1470 g/mol. The molecule has 6 aromatic rings. The molecule has 2 aromatic heterocycles. The highest BCUT2D eigenvalue weighted by Gasteiger charge is 2.44. The number of hydrogen-bond donors (Lipinski definition) is 4. The predicted octanol–water partition coefficient (Wildman–Crippen LogP) is 15.0. The second-order valence-electron chi connectivity index (χ2n) is 26.1. The zero-order chi connectivity index (χ0) is 75.8. The quantitative estimate of drug-likeness (QED) is 0.0236. The fraction of sp³-hybridized carbons (Fsp3) is 0.372. The van der Waals surface area contributed by atoms with Crippen LogP contribution < -0.4 is 22.4 Å². The molecule has 0 saturated carbocycles. The van der Waals surface area contributed by atoms with E-state index in [-0.39, 0.29) is 58.7 Å². The highest BCUT2D eigenvalue weighted by molar-refractivity contribution is 6.54. The van der Waals surface area contributed by atoms with E-state index in [9.17, 15) is 17.6 Å². The van der Waals surface area contributed by atoms with E-state index in [2.05, 4.69) is 95.0 Å². The van der Waals surface area contributed by atoms with Crippen LogP contribution >= 0.6 is 0 Å². The number of nitrogens with zero attached hydrogens (tertiary/aromatic N) is 1. The Balaban J connectivity index is 0.000000242. The van der Waals surface area contributed by atoms with Gasteiger partial charge in [-0.25, -0.2) is 17.6 Å². The van der Waals surface area contributed by atoms with E-state index < -0.39 is 14.2 Å². The molecular weight excluding hydrogens is 1380 g/mol. The highest BCUT2D eigenvalue weighted by Crippen LogP contribution is 2.40. The first kappa shape index (κ1) is 83.7. The van der Waals surface area contributed by atoms with Crippen LogP contribution in [0.3, 0.4) is 0 Å². The molecule has 0 radical (unpaired) electrons. The molecule has 20 heteroatoms. The average molecular weight is 1470 g/mol. The highest BCUT2D eigenvalue weighted by atomic mass is 35.5. The molecule has 0 bridgehead atoms. The average Bonchev–Trinajstić information content (AvgIpc) is 1.59.